The van der Waals surface area contributed by atoms with Gasteiger partial charge < -0.3 is 40.0 Å². The van der Waals surface area contributed by atoms with Crippen molar-refractivity contribution in [2.75, 3.05) is 32.8 Å². The molecule has 1 saturated heterocycles. The van der Waals surface area contributed by atoms with Gasteiger partial charge in [0, 0.05) is 49.9 Å². The van der Waals surface area contributed by atoms with E-state index in [2.05, 4.69) is 47.6 Å². The highest BCUT2D eigenvalue weighted by Gasteiger charge is 2.21. The number of aliphatic hydroxyl groups is 1. The van der Waals surface area contributed by atoms with Crippen LogP contribution in [0.25, 0.3) is 11.1 Å². The molecule has 0 spiro atoms. The Kier molecular flexibility index (Phi) is 13.9. The molecule has 2 aliphatic rings. The van der Waals surface area contributed by atoms with Crippen molar-refractivity contribution in [1.82, 2.24) is 15.5 Å². The first-order valence-electron chi connectivity index (χ1n) is 19.2. The van der Waals surface area contributed by atoms with Crippen LogP contribution in [0.4, 0.5) is 0 Å². The monoisotopic (exact) mass is 780 g/mol. The summed E-state index contributed by atoms with van der Waals surface area (Å²) in [7, 11) is 0. The zero-order valence-electron chi connectivity index (χ0n) is 31.9. The minimum absolute atomic E-state index is 0.0398. The fraction of sp³-hybridized carbons (Fsp3) is 0.386. The lowest BCUT2D eigenvalue weighted by Gasteiger charge is -2.20. The van der Waals surface area contributed by atoms with Gasteiger partial charge in [-0.1, -0.05) is 41.9 Å². The number of aliphatic carboxylic acids is 1. The van der Waals surface area contributed by atoms with Gasteiger partial charge in [0.25, 0.3) is 5.91 Å². The van der Waals surface area contributed by atoms with Crippen LogP contribution < -0.4 is 24.8 Å². The number of halogens is 1. The van der Waals surface area contributed by atoms with E-state index in [0.717, 1.165) is 66.0 Å². The molecular formula is C44H49ClN4O7. The number of β-amino-alcohol motifs (C(OH)–C–C–N with tert-alkyl or cyclic N) is 1. The largest absolute Gasteiger partial charge is 0.493 e. The normalized spacial score (nSPS) is 17.9. The molecule has 0 unspecified atom stereocenters. The van der Waals surface area contributed by atoms with Gasteiger partial charge in [0.1, 0.15) is 36.5 Å². The van der Waals surface area contributed by atoms with Crippen LogP contribution in [0.2, 0.25) is 5.02 Å². The van der Waals surface area contributed by atoms with Gasteiger partial charge in [-0.3, -0.25) is 9.59 Å². The third kappa shape index (κ3) is 10.4. The van der Waals surface area contributed by atoms with Gasteiger partial charge in [-0.2, -0.15) is 5.26 Å². The summed E-state index contributed by atoms with van der Waals surface area (Å²) in [4.78, 5) is 27.3. The van der Waals surface area contributed by atoms with Crippen molar-refractivity contribution in [3.8, 4) is 34.4 Å². The molecule has 0 radical (unpaired) electrons. The molecule has 0 saturated carbocycles. The smallest absolute Gasteiger partial charge is 0.320 e. The maximum Gasteiger partial charge on any atom is 0.320 e. The number of nitrogens with one attached hydrogen (secondary N) is 2. The molecule has 1 amide bonds. The Morgan fingerprint density at radius 3 is 2.59 bits per heavy atom. The quantitative estimate of drug-likeness (QED) is 0.125. The van der Waals surface area contributed by atoms with Gasteiger partial charge in [-0.15, -0.1) is 0 Å². The number of nitrogens with zero attached hydrogens (tertiary/aromatic N) is 2. The number of rotatable bonds is 10. The van der Waals surface area contributed by atoms with Gasteiger partial charge in [0.15, 0.2) is 0 Å². The van der Waals surface area contributed by atoms with Crippen LogP contribution in [0.3, 0.4) is 0 Å². The van der Waals surface area contributed by atoms with Crippen LogP contribution in [0.5, 0.6) is 17.2 Å². The van der Waals surface area contributed by atoms with Crippen molar-refractivity contribution in [3.63, 3.8) is 0 Å². The maximum atomic E-state index is 12.9. The summed E-state index contributed by atoms with van der Waals surface area (Å²) in [6.07, 6.45) is 3.04. The lowest BCUT2D eigenvalue weighted by atomic mass is 9.93. The number of ether oxygens (including phenoxy) is 3. The molecule has 1 fully saturated rings. The predicted molar refractivity (Wildman–Crippen MR) is 214 cm³/mol. The fourth-order valence-electron chi connectivity index (χ4n) is 7.25. The number of amides is 1. The van der Waals surface area contributed by atoms with Crippen LogP contribution in [-0.2, 0) is 24.6 Å². The molecule has 6 rings (SSSR count). The lowest BCUT2D eigenvalue weighted by molar-refractivity contribution is -0.139. The molecule has 294 valence electrons. The highest BCUT2D eigenvalue weighted by atomic mass is 35.5. The van der Waals surface area contributed by atoms with Crippen molar-refractivity contribution < 1.29 is 34.0 Å². The zero-order chi connectivity index (χ0) is 39.6. The Morgan fingerprint density at radius 1 is 1.02 bits per heavy atom. The first kappa shape index (κ1) is 40.5. The molecule has 4 N–H and O–H groups in total. The maximum absolute atomic E-state index is 12.9. The number of nitriles is 1. The van der Waals surface area contributed by atoms with Crippen LogP contribution in [-0.4, -0.2) is 71.9 Å². The zero-order valence-corrected chi connectivity index (χ0v) is 32.7. The molecule has 0 aromatic heterocycles. The fourth-order valence-corrected chi connectivity index (χ4v) is 7.49. The molecule has 2 bridgehead atoms. The number of carboxylic acids is 1. The summed E-state index contributed by atoms with van der Waals surface area (Å²) in [6.45, 7) is 8.11. The van der Waals surface area contributed by atoms with Crippen LogP contribution in [0.15, 0.2) is 66.7 Å². The minimum atomic E-state index is -0.968. The van der Waals surface area contributed by atoms with Crippen molar-refractivity contribution >= 4 is 23.5 Å². The number of hydrogen-bond acceptors (Lipinski definition) is 9. The average molecular weight is 781 g/mol. The number of carbonyl (C=O) groups is 2. The minimum Gasteiger partial charge on any atom is -0.493 e. The Balaban J connectivity index is 1.20. The van der Waals surface area contributed by atoms with Crippen LogP contribution in [0, 0.1) is 25.2 Å². The van der Waals surface area contributed by atoms with Crippen molar-refractivity contribution in [2.45, 2.75) is 77.9 Å². The van der Waals surface area contributed by atoms with Crippen molar-refractivity contribution in [1.29, 1.82) is 5.26 Å². The summed E-state index contributed by atoms with van der Waals surface area (Å²) in [5.41, 5.74) is 7.16. The van der Waals surface area contributed by atoms with Gasteiger partial charge >= 0.3 is 5.97 Å². The molecule has 2 atom stereocenters. The van der Waals surface area contributed by atoms with Crippen molar-refractivity contribution in [3.05, 3.63) is 111 Å². The first-order valence-corrected chi connectivity index (χ1v) is 19.6. The van der Waals surface area contributed by atoms with Gasteiger partial charge in [-0.05, 0) is 110 Å². The summed E-state index contributed by atoms with van der Waals surface area (Å²) in [6, 6.07) is 21.9. The van der Waals surface area contributed by atoms with E-state index < -0.39 is 12.0 Å². The Bertz CT molecular complexity index is 2080. The molecule has 0 aliphatic carbocycles. The van der Waals surface area contributed by atoms with Crippen LogP contribution >= 0.6 is 11.6 Å². The third-order valence-corrected chi connectivity index (χ3v) is 10.8. The number of likely N-dealkylation sites (tertiary alicyclic amines) is 1. The van der Waals surface area contributed by atoms with Gasteiger partial charge in [0.2, 0.25) is 0 Å². The molecule has 4 aromatic carbocycles. The second-order valence-corrected chi connectivity index (χ2v) is 14.9. The summed E-state index contributed by atoms with van der Waals surface area (Å²) in [5, 5.41) is 35.7. The van der Waals surface area contributed by atoms with E-state index in [1.807, 2.05) is 24.3 Å². The highest BCUT2D eigenvalue weighted by molar-refractivity contribution is 6.32. The molecule has 56 heavy (non-hydrogen) atoms. The standard InChI is InChI=1S/C44H49ClN4O7/c1-28-32(8-5-9-36(28)37-10-6-12-40(29(37)2)54-17-7-15-49-16-13-35(50)25-49)27-56-42-22-41-34(21-38(42)45)24-48-39(44(52)53)11-3-4-14-47-43(51)33-19-30(23-46)18-31(20-33)26-55-41/h5-6,8-10,12,18-22,35,39,48,50H,3-4,7,11,13-17,24-27H2,1-2H3,(H,47,51)(H,52,53)/t35-,39+/m1/s1. The van der Waals surface area contributed by atoms with E-state index in [1.165, 1.54) is 0 Å². The molecule has 2 aliphatic heterocycles. The number of benzene rings is 4. The van der Waals surface area contributed by atoms with E-state index in [1.54, 1.807) is 30.3 Å². The number of carboxylic acid groups (broad SMARTS) is 1. The number of fused-ring (bicyclic) bond motifs is 3. The molecular weight excluding hydrogens is 732 g/mol. The van der Waals surface area contributed by atoms with E-state index >= 15 is 0 Å². The SMILES string of the molecule is Cc1c(COc2cc3c(cc2Cl)CN[C@H](C(=O)O)CCCCNC(=O)c2cc(C#N)cc(c2)CO3)cccc1-c1cccc(OCCCN2CC[C@@H](O)C2)c1C. The first-order chi connectivity index (χ1) is 27.1. The molecule has 4 aromatic rings. The van der Waals surface area contributed by atoms with E-state index in [9.17, 15) is 25.1 Å². The van der Waals surface area contributed by atoms with E-state index in [-0.39, 0.29) is 31.8 Å². The number of hydrogen-bond donors (Lipinski definition) is 4. The summed E-state index contributed by atoms with van der Waals surface area (Å²) >= 11 is 6.82. The second-order valence-electron chi connectivity index (χ2n) is 14.5. The Morgan fingerprint density at radius 2 is 1.82 bits per heavy atom. The summed E-state index contributed by atoms with van der Waals surface area (Å²) in [5.74, 6) is 0.381. The molecule has 11 nitrogen and oxygen atoms in total. The molecule has 2 heterocycles. The van der Waals surface area contributed by atoms with Crippen molar-refractivity contribution in [2.24, 2.45) is 0 Å². The Hall–Kier alpha value is -5.12. The lowest BCUT2D eigenvalue weighted by Crippen LogP contribution is -2.36. The third-order valence-electron chi connectivity index (χ3n) is 10.5. The average Bonchev–Trinajstić information content (AvgIpc) is 3.61. The number of aliphatic hydroxyl groups excluding tert-OH is 1. The van der Waals surface area contributed by atoms with E-state index in [4.69, 9.17) is 25.8 Å². The molecule has 12 heteroatoms. The Labute approximate surface area is 333 Å². The second kappa shape index (κ2) is 19.2. The van der Waals surface area contributed by atoms with Crippen LogP contribution in [0.1, 0.15) is 75.8 Å². The van der Waals surface area contributed by atoms with Gasteiger partial charge in [-0.25, -0.2) is 0 Å². The summed E-state index contributed by atoms with van der Waals surface area (Å²) < 4.78 is 18.9. The number of carbonyl (C=O) groups excluding carboxylic acids is 1. The van der Waals surface area contributed by atoms with E-state index in [0.29, 0.717) is 71.2 Å². The van der Waals surface area contributed by atoms with Gasteiger partial charge in [0.05, 0.1) is 29.4 Å². The topological polar surface area (TPSA) is 153 Å². The highest BCUT2D eigenvalue weighted by Crippen LogP contribution is 2.36. The predicted octanol–water partition coefficient (Wildman–Crippen LogP) is 6.95.